The molecule has 0 bridgehead atoms. The molecule has 0 aliphatic carbocycles. The summed E-state index contributed by atoms with van der Waals surface area (Å²) in [5.41, 5.74) is 1.29. The van der Waals surface area contributed by atoms with Crippen LogP contribution in [0, 0.1) is 0 Å². The van der Waals surface area contributed by atoms with Gasteiger partial charge in [0.2, 0.25) is 0 Å². The number of hydrogen-bond donors (Lipinski definition) is 2. The minimum absolute atomic E-state index is 0.175. The first-order valence-corrected chi connectivity index (χ1v) is 6.17. The maximum atomic E-state index is 11.2. The van der Waals surface area contributed by atoms with Gasteiger partial charge in [-0.15, -0.1) is 0 Å². The van der Waals surface area contributed by atoms with Gasteiger partial charge in [-0.2, -0.15) is 22.0 Å². The SMILES string of the molecule is FCC(F)(F)C(F)(F)F.Oc1ccccc1-c1ccccc1O. The molecule has 0 saturated carbocycles. The lowest BCUT2D eigenvalue weighted by atomic mass is 10.0. The summed E-state index contributed by atoms with van der Waals surface area (Å²) in [5.74, 6) is -4.84. The molecule has 0 radical (unpaired) electrons. The van der Waals surface area contributed by atoms with Crippen LogP contribution in [0.1, 0.15) is 0 Å². The van der Waals surface area contributed by atoms with Gasteiger partial charge in [-0.3, -0.25) is 0 Å². The highest BCUT2D eigenvalue weighted by Crippen LogP contribution is 2.35. The fourth-order valence-corrected chi connectivity index (χ4v) is 1.48. The lowest BCUT2D eigenvalue weighted by molar-refractivity contribution is -0.286. The van der Waals surface area contributed by atoms with E-state index < -0.39 is 18.8 Å². The Morgan fingerprint density at radius 3 is 1.26 bits per heavy atom. The summed E-state index contributed by atoms with van der Waals surface area (Å²) in [6.45, 7) is -2.70. The molecule has 0 aromatic heterocycles. The molecule has 0 unspecified atom stereocenters. The number of phenols is 2. The maximum Gasteiger partial charge on any atom is 0.456 e. The van der Waals surface area contributed by atoms with Gasteiger partial charge in [0.1, 0.15) is 11.5 Å². The minimum Gasteiger partial charge on any atom is -0.507 e. The molecular weight excluding hydrogens is 326 g/mol. The molecule has 2 aromatic rings. The third-order valence-electron chi connectivity index (χ3n) is 2.68. The average molecular weight is 338 g/mol. The summed E-state index contributed by atoms with van der Waals surface area (Å²) in [6, 6.07) is 13.9. The first kappa shape index (κ1) is 18.7. The van der Waals surface area contributed by atoms with E-state index in [-0.39, 0.29) is 11.5 Å². The summed E-state index contributed by atoms with van der Waals surface area (Å²) >= 11 is 0. The van der Waals surface area contributed by atoms with E-state index in [1.165, 1.54) is 0 Å². The van der Waals surface area contributed by atoms with E-state index >= 15 is 0 Å². The highest BCUT2D eigenvalue weighted by atomic mass is 19.4. The van der Waals surface area contributed by atoms with Crippen molar-refractivity contribution in [1.82, 2.24) is 0 Å². The fourth-order valence-electron chi connectivity index (χ4n) is 1.48. The van der Waals surface area contributed by atoms with Crippen LogP contribution < -0.4 is 0 Å². The van der Waals surface area contributed by atoms with Crippen LogP contribution in [0.4, 0.5) is 26.3 Å². The predicted molar refractivity (Wildman–Crippen MR) is 72.2 cm³/mol. The number of rotatable bonds is 2. The van der Waals surface area contributed by atoms with Crippen LogP contribution >= 0.6 is 0 Å². The second-order valence-electron chi connectivity index (χ2n) is 4.37. The molecule has 2 aromatic carbocycles. The normalized spacial score (nSPS) is 11.6. The second-order valence-corrected chi connectivity index (χ2v) is 4.37. The van der Waals surface area contributed by atoms with Crippen LogP contribution in [0.3, 0.4) is 0 Å². The van der Waals surface area contributed by atoms with Gasteiger partial charge in [0.15, 0.2) is 6.67 Å². The van der Waals surface area contributed by atoms with Crippen molar-refractivity contribution >= 4 is 0 Å². The third-order valence-corrected chi connectivity index (χ3v) is 2.68. The van der Waals surface area contributed by atoms with Crippen LogP contribution in [0.2, 0.25) is 0 Å². The highest BCUT2D eigenvalue weighted by molar-refractivity contribution is 5.74. The molecule has 0 amide bonds. The zero-order valence-corrected chi connectivity index (χ0v) is 11.5. The molecular formula is C15H12F6O2. The van der Waals surface area contributed by atoms with Gasteiger partial charge in [0, 0.05) is 11.1 Å². The Labute approximate surface area is 127 Å². The number of aromatic hydroxyl groups is 2. The van der Waals surface area contributed by atoms with E-state index in [0.29, 0.717) is 11.1 Å². The molecule has 0 fully saturated rings. The quantitative estimate of drug-likeness (QED) is 0.763. The maximum absolute atomic E-state index is 11.2. The van der Waals surface area contributed by atoms with Crippen LogP contribution in [-0.2, 0) is 0 Å². The number of hydrogen-bond acceptors (Lipinski definition) is 2. The van der Waals surface area contributed by atoms with Crippen molar-refractivity contribution in [3.8, 4) is 22.6 Å². The molecule has 2 nitrogen and oxygen atoms in total. The number of alkyl halides is 6. The van der Waals surface area contributed by atoms with Crippen molar-refractivity contribution in [3.63, 3.8) is 0 Å². The number of phenolic OH excluding ortho intramolecular Hbond substituents is 2. The van der Waals surface area contributed by atoms with Crippen molar-refractivity contribution in [3.05, 3.63) is 48.5 Å². The van der Waals surface area contributed by atoms with E-state index in [0.717, 1.165) is 0 Å². The zero-order valence-electron chi connectivity index (χ0n) is 11.5. The first-order valence-electron chi connectivity index (χ1n) is 6.17. The molecule has 0 heterocycles. The summed E-state index contributed by atoms with van der Waals surface area (Å²) in [5, 5.41) is 19.2. The largest absolute Gasteiger partial charge is 0.507 e. The Morgan fingerprint density at radius 1 is 0.696 bits per heavy atom. The van der Waals surface area contributed by atoms with Crippen LogP contribution in [0.5, 0.6) is 11.5 Å². The molecule has 23 heavy (non-hydrogen) atoms. The van der Waals surface area contributed by atoms with Crippen molar-refractivity contribution in [1.29, 1.82) is 0 Å². The van der Waals surface area contributed by atoms with E-state index in [4.69, 9.17) is 0 Å². The van der Waals surface area contributed by atoms with Crippen LogP contribution in [0.15, 0.2) is 48.5 Å². The topological polar surface area (TPSA) is 40.5 Å². The molecule has 2 rings (SSSR count). The predicted octanol–water partition coefficient (Wildman–Crippen LogP) is 4.92. The van der Waals surface area contributed by atoms with Crippen molar-refractivity contribution in [2.75, 3.05) is 6.67 Å². The lowest BCUT2D eigenvalue weighted by Gasteiger charge is -2.14. The van der Waals surface area contributed by atoms with E-state index in [1.807, 2.05) is 12.1 Å². The second kappa shape index (κ2) is 7.26. The van der Waals surface area contributed by atoms with Gasteiger partial charge >= 0.3 is 12.1 Å². The first-order chi connectivity index (χ1) is 10.6. The Morgan fingerprint density at radius 2 is 1.04 bits per heavy atom. The average Bonchev–Trinajstić information content (AvgIpc) is 2.48. The number of para-hydroxylation sites is 2. The van der Waals surface area contributed by atoms with Gasteiger partial charge in [0.05, 0.1) is 0 Å². The Bertz CT molecular complexity index is 596. The van der Waals surface area contributed by atoms with Crippen LogP contribution in [0.25, 0.3) is 11.1 Å². The summed E-state index contributed by atoms with van der Waals surface area (Å²) < 4.78 is 65.6. The molecule has 0 atom stereocenters. The molecule has 0 aliphatic heterocycles. The number of halogens is 6. The molecule has 0 spiro atoms. The smallest absolute Gasteiger partial charge is 0.456 e. The van der Waals surface area contributed by atoms with E-state index in [1.54, 1.807) is 36.4 Å². The van der Waals surface area contributed by atoms with Crippen LogP contribution in [-0.4, -0.2) is 29.0 Å². The minimum atomic E-state index is -5.76. The molecule has 2 N–H and O–H groups in total. The van der Waals surface area contributed by atoms with Crippen molar-refractivity contribution in [2.24, 2.45) is 0 Å². The molecule has 0 aliphatic rings. The monoisotopic (exact) mass is 338 g/mol. The molecule has 0 saturated heterocycles. The zero-order chi connectivity index (χ0) is 17.7. The summed E-state index contributed by atoms with van der Waals surface area (Å²) in [4.78, 5) is 0. The molecule has 126 valence electrons. The van der Waals surface area contributed by atoms with Gasteiger partial charge in [-0.1, -0.05) is 36.4 Å². The van der Waals surface area contributed by atoms with E-state index in [9.17, 15) is 36.6 Å². The summed E-state index contributed by atoms with van der Waals surface area (Å²) in [6.07, 6.45) is -5.76. The Kier molecular flexibility index (Phi) is 5.89. The molecule has 8 heteroatoms. The standard InChI is InChI=1S/C12H10O2.C3H2F6/c13-11-7-3-1-5-9(11)10-6-2-4-8-12(10)14;4-1-2(5,6)3(7,8)9/h1-8,13-14H;1H2. The highest BCUT2D eigenvalue weighted by Gasteiger charge is 2.57. The third kappa shape index (κ3) is 4.80. The van der Waals surface area contributed by atoms with Gasteiger partial charge in [0.25, 0.3) is 0 Å². The van der Waals surface area contributed by atoms with Gasteiger partial charge < -0.3 is 10.2 Å². The Balaban J connectivity index is 0.000000257. The lowest BCUT2D eigenvalue weighted by Crippen LogP contribution is -2.38. The van der Waals surface area contributed by atoms with Crippen molar-refractivity contribution in [2.45, 2.75) is 12.1 Å². The van der Waals surface area contributed by atoms with Gasteiger partial charge in [-0.05, 0) is 12.1 Å². The Hall–Kier alpha value is -2.38. The fraction of sp³-hybridized carbons (Fsp3) is 0.200. The number of benzene rings is 2. The summed E-state index contributed by atoms with van der Waals surface area (Å²) in [7, 11) is 0. The van der Waals surface area contributed by atoms with E-state index in [2.05, 4.69) is 0 Å². The van der Waals surface area contributed by atoms with Gasteiger partial charge in [-0.25, -0.2) is 4.39 Å². The van der Waals surface area contributed by atoms with Crippen molar-refractivity contribution < 1.29 is 36.6 Å².